The number of carbonyl (C=O) groups excluding carboxylic acids is 1. The molecule has 0 unspecified atom stereocenters. The van der Waals surface area contributed by atoms with Crippen molar-refractivity contribution in [2.24, 2.45) is 0 Å². The lowest BCUT2D eigenvalue weighted by Crippen LogP contribution is -2.54. The summed E-state index contributed by atoms with van der Waals surface area (Å²) in [6.07, 6.45) is 2.31. The Morgan fingerprint density at radius 1 is 1.25 bits per heavy atom. The van der Waals surface area contributed by atoms with E-state index < -0.39 is 0 Å². The first-order valence-electron chi connectivity index (χ1n) is 7.56. The van der Waals surface area contributed by atoms with Gasteiger partial charge in [-0.05, 0) is 31.9 Å². The van der Waals surface area contributed by atoms with Crippen molar-refractivity contribution in [1.29, 1.82) is 0 Å². The maximum atomic E-state index is 11.9. The van der Waals surface area contributed by atoms with Gasteiger partial charge >= 0.3 is 0 Å². The molecule has 1 amide bonds. The zero-order chi connectivity index (χ0) is 13.9. The van der Waals surface area contributed by atoms with Gasteiger partial charge in [0.25, 0.3) is 0 Å². The monoisotopic (exact) mass is 273 g/mol. The molecule has 4 nitrogen and oxygen atoms in total. The molecule has 1 atom stereocenters. The Bertz CT molecular complexity index is 458. The Hall–Kier alpha value is -1.55. The minimum atomic E-state index is 0.188. The third-order valence-corrected chi connectivity index (χ3v) is 4.18. The molecule has 0 radical (unpaired) electrons. The summed E-state index contributed by atoms with van der Waals surface area (Å²) >= 11 is 0. The van der Waals surface area contributed by atoms with Crippen LogP contribution in [0.3, 0.4) is 0 Å². The van der Waals surface area contributed by atoms with Crippen LogP contribution in [0.5, 0.6) is 0 Å². The fourth-order valence-electron chi connectivity index (χ4n) is 2.79. The third-order valence-electron chi connectivity index (χ3n) is 4.18. The number of rotatable bonds is 4. The highest BCUT2D eigenvalue weighted by Gasteiger charge is 2.28. The van der Waals surface area contributed by atoms with Crippen molar-refractivity contribution in [3.8, 4) is 0 Å². The number of carbonyl (C=O) groups is 1. The Balaban J connectivity index is 1.52. The van der Waals surface area contributed by atoms with E-state index in [9.17, 15) is 4.79 Å². The average Bonchev–Trinajstić information content (AvgIpc) is 3.26. The summed E-state index contributed by atoms with van der Waals surface area (Å²) in [5.41, 5.74) is 1.28. The number of nitrogens with one attached hydrogen (secondary N) is 1. The Labute approximate surface area is 120 Å². The van der Waals surface area contributed by atoms with Crippen LogP contribution in [-0.4, -0.2) is 49.1 Å². The van der Waals surface area contributed by atoms with Gasteiger partial charge in [0, 0.05) is 37.4 Å². The highest BCUT2D eigenvalue weighted by Crippen LogP contribution is 2.20. The molecule has 1 saturated carbocycles. The van der Waals surface area contributed by atoms with Crippen LogP contribution in [-0.2, 0) is 4.79 Å². The maximum Gasteiger partial charge on any atom is 0.234 e. The molecule has 0 bridgehead atoms. The van der Waals surface area contributed by atoms with Gasteiger partial charge in [0.15, 0.2) is 0 Å². The number of nitrogens with zero attached hydrogens (tertiary/aromatic N) is 2. The first kappa shape index (κ1) is 13.4. The van der Waals surface area contributed by atoms with Crippen LogP contribution in [0.4, 0.5) is 5.69 Å². The fourth-order valence-corrected chi connectivity index (χ4v) is 2.79. The smallest absolute Gasteiger partial charge is 0.234 e. The molecule has 0 spiro atoms. The fraction of sp³-hybridized carbons (Fsp3) is 0.562. The van der Waals surface area contributed by atoms with E-state index in [1.165, 1.54) is 5.69 Å². The molecule has 1 heterocycles. The van der Waals surface area contributed by atoms with E-state index in [1.807, 2.05) is 6.07 Å². The second-order valence-corrected chi connectivity index (χ2v) is 5.94. The van der Waals surface area contributed by atoms with Crippen LogP contribution < -0.4 is 10.2 Å². The van der Waals surface area contributed by atoms with Crippen LogP contribution in [0.1, 0.15) is 19.8 Å². The lowest BCUT2D eigenvalue weighted by molar-refractivity contribution is -0.123. The SMILES string of the molecule is C[C@@H]1CN(c2ccccc2)CCN1CC(=O)NC1CC1. The van der Waals surface area contributed by atoms with Crippen molar-refractivity contribution in [3.05, 3.63) is 30.3 Å². The zero-order valence-corrected chi connectivity index (χ0v) is 12.1. The average molecular weight is 273 g/mol. The Morgan fingerprint density at radius 2 is 2.00 bits per heavy atom. The minimum absolute atomic E-state index is 0.188. The molecule has 1 saturated heterocycles. The number of para-hydroxylation sites is 1. The van der Waals surface area contributed by atoms with Crippen LogP contribution >= 0.6 is 0 Å². The van der Waals surface area contributed by atoms with Gasteiger partial charge in [-0.1, -0.05) is 18.2 Å². The molecule has 1 aromatic carbocycles. The van der Waals surface area contributed by atoms with Crippen LogP contribution in [0.15, 0.2) is 30.3 Å². The highest BCUT2D eigenvalue weighted by molar-refractivity contribution is 5.78. The molecule has 1 aromatic rings. The number of hydrogen-bond donors (Lipinski definition) is 1. The van der Waals surface area contributed by atoms with Gasteiger partial charge in [0.2, 0.25) is 5.91 Å². The van der Waals surface area contributed by atoms with Crippen LogP contribution in [0, 0.1) is 0 Å². The lowest BCUT2D eigenvalue weighted by Gasteiger charge is -2.40. The molecule has 1 aliphatic carbocycles. The zero-order valence-electron chi connectivity index (χ0n) is 12.1. The van der Waals surface area contributed by atoms with Gasteiger partial charge in [-0.15, -0.1) is 0 Å². The molecule has 2 fully saturated rings. The summed E-state index contributed by atoms with van der Waals surface area (Å²) in [6.45, 7) is 5.68. The van der Waals surface area contributed by atoms with E-state index in [4.69, 9.17) is 0 Å². The molecule has 3 rings (SSSR count). The first-order chi connectivity index (χ1) is 9.72. The second kappa shape index (κ2) is 5.83. The van der Waals surface area contributed by atoms with E-state index in [1.54, 1.807) is 0 Å². The lowest BCUT2D eigenvalue weighted by atomic mass is 10.1. The number of amides is 1. The molecule has 2 aliphatic rings. The van der Waals surface area contributed by atoms with Gasteiger partial charge in [-0.25, -0.2) is 0 Å². The van der Waals surface area contributed by atoms with Gasteiger partial charge < -0.3 is 10.2 Å². The molecule has 4 heteroatoms. The normalized spacial score (nSPS) is 23.6. The molecule has 20 heavy (non-hydrogen) atoms. The maximum absolute atomic E-state index is 11.9. The summed E-state index contributed by atoms with van der Waals surface area (Å²) in [7, 11) is 0. The standard InChI is InChI=1S/C16H23N3O/c1-13-11-19(15-5-3-2-4-6-15)10-9-18(13)12-16(20)17-14-7-8-14/h2-6,13-14H,7-12H2,1H3,(H,17,20)/t13-/m1/s1. The molecule has 108 valence electrons. The van der Waals surface area contributed by atoms with E-state index >= 15 is 0 Å². The van der Waals surface area contributed by atoms with Crippen molar-refractivity contribution in [1.82, 2.24) is 10.2 Å². The second-order valence-electron chi connectivity index (χ2n) is 5.94. The third kappa shape index (κ3) is 3.31. The van der Waals surface area contributed by atoms with E-state index in [0.717, 1.165) is 32.5 Å². The number of piperazine rings is 1. The summed E-state index contributed by atoms with van der Waals surface area (Å²) < 4.78 is 0. The largest absolute Gasteiger partial charge is 0.369 e. The predicted octanol–water partition coefficient (Wildman–Crippen LogP) is 1.48. The predicted molar refractivity (Wildman–Crippen MR) is 80.9 cm³/mol. The van der Waals surface area contributed by atoms with Crippen molar-refractivity contribution in [2.45, 2.75) is 31.8 Å². The van der Waals surface area contributed by atoms with Crippen molar-refractivity contribution in [2.75, 3.05) is 31.1 Å². The quantitative estimate of drug-likeness (QED) is 0.902. The minimum Gasteiger partial charge on any atom is -0.369 e. The van der Waals surface area contributed by atoms with Crippen molar-refractivity contribution >= 4 is 11.6 Å². The highest BCUT2D eigenvalue weighted by atomic mass is 16.2. The molecule has 1 N–H and O–H groups in total. The molecular weight excluding hydrogens is 250 g/mol. The Morgan fingerprint density at radius 3 is 2.65 bits per heavy atom. The number of anilines is 1. The summed E-state index contributed by atoms with van der Waals surface area (Å²) in [4.78, 5) is 16.6. The van der Waals surface area contributed by atoms with Gasteiger partial charge in [-0.3, -0.25) is 9.69 Å². The molecule has 1 aliphatic heterocycles. The summed E-state index contributed by atoms with van der Waals surface area (Å²) in [6, 6.07) is 11.4. The Kier molecular flexibility index (Phi) is 3.92. The van der Waals surface area contributed by atoms with Gasteiger partial charge in [0.1, 0.15) is 0 Å². The first-order valence-corrected chi connectivity index (χ1v) is 7.56. The number of benzene rings is 1. The van der Waals surface area contributed by atoms with Crippen LogP contribution in [0.25, 0.3) is 0 Å². The van der Waals surface area contributed by atoms with Gasteiger partial charge in [0.05, 0.1) is 6.54 Å². The topological polar surface area (TPSA) is 35.6 Å². The molecule has 0 aromatic heterocycles. The number of hydrogen-bond acceptors (Lipinski definition) is 3. The van der Waals surface area contributed by atoms with E-state index in [-0.39, 0.29) is 5.91 Å². The summed E-state index contributed by atoms with van der Waals surface area (Å²) in [5, 5.41) is 3.07. The van der Waals surface area contributed by atoms with Crippen molar-refractivity contribution in [3.63, 3.8) is 0 Å². The van der Waals surface area contributed by atoms with E-state index in [2.05, 4.69) is 46.3 Å². The molecular formula is C16H23N3O. The van der Waals surface area contributed by atoms with Gasteiger partial charge in [-0.2, -0.15) is 0 Å². The van der Waals surface area contributed by atoms with E-state index in [0.29, 0.717) is 18.6 Å². The van der Waals surface area contributed by atoms with Crippen molar-refractivity contribution < 1.29 is 4.79 Å². The van der Waals surface area contributed by atoms with Crippen LogP contribution in [0.2, 0.25) is 0 Å². The summed E-state index contributed by atoms with van der Waals surface area (Å²) in [5.74, 6) is 0.188.